The van der Waals surface area contributed by atoms with E-state index in [0.717, 1.165) is 17.2 Å². The molecule has 1 N–H and O–H groups in total. The Bertz CT molecular complexity index is 514. The number of nitrogens with zero attached hydrogens (tertiary/aromatic N) is 1. The van der Waals surface area contributed by atoms with Gasteiger partial charge in [0.25, 0.3) is 0 Å². The molecule has 0 amide bonds. The maximum Gasteiger partial charge on any atom is 0.137 e. The summed E-state index contributed by atoms with van der Waals surface area (Å²) in [7, 11) is 1.98. The van der Waals surface area contributed by atoms with E-state index in [1.54, 1.807) is 0 Å². The minimum atomic E-state index is 0.390. The molecule has 2 rings (SSSR count). The lowest BCUT2D eigenvalue weighted by atomic mass is 10.1. The van der Waals surface area contributed by atoms with Crippen LogP contribution in [0.3, 0.4) is 0 Å². The summed E-state index contributed by atoms with van der Waals surface area (Å²) in [6.07, 6.45) is 0. The molecule has 3 nitrogen and oxygen atoms in total. The van der Waals surface area contributed by atoms with Crippen molar-refractivity contribution in [3.05, 3.63) is 46.8 Å². The van der Waals surface area contributed by atoms with Crippen molar-refractivity contribution in [1.82, 2.24) is 10.5 Å². The Kier molecular flexibility index (Phi) is 4.66. The number of rotatable bonds is 5. The maximum atomic E-state index is 5.18. The van der Waals surface area contributed by atoms with Crippen LogP contribution < -0.4 is 5.32 Å². The molecule has 0 saturated heterocycles. The third-order valence-corrected chi connectivity index (χ3v) is 4.42. The first-order chi connectivity index (χ1) is 9.11. The molecule has 0 fully saturated rings. The van der Waals surface area contributed by atoms with Gasteiger partial charge in [0.05, 0.1) is 5.69 Å². The van der Waals surface area contributed by atoms with E-state index >= 15 is 0 Å². The highest BCUT2D eigenvalue weighted by Gasteiger charge is 2.09. The molecule has 1 aromatic carbocycles. The maximum absolute atomic E-state index is 5.18. The van der Waals surface area contributed by atoms with E-state index in [9.17, 15) is 0 Å². The highest BCUT2D eigenvalue weighted by Crippen LogP contribution is 2.27. The average Bonchev–Trinajstić information content (AvgIpc) is 2.75. The second kappa shape index (κ2) is 6.26. The van der Waals surface area contributed by atoms with Crippen LogP contribution in [0.25, 0.3) is 0 Å². The van der Waals surface area contributed by atoms with Gasteiger partial charge in [0, 0.05) is 22.3 Å². The van der Waals surface area contributed by atoms with Gasteiger partial charge in [-0.05, 0) is 45.5 Å². The molecule has 102 valence electrons. The second-order valence-electron chi connectivity index (χ2n) is 4.67. The summed E-state index contributed by atoms with van der Waals surface area (Å²) < 4.78 is 5.18. The van der Waals surface area contributed by atoms with Crippen molar-refractivity contribution < 1.29 is 4.52 Å². The number of nitrogens with one attached hydrogen (secondary N) is 1. The molecular formula is C15H20N2OS. The van der Waals surface area contributed by atoms with Crippen molar-refractivity contribution in [2.45, 2.75) is 37.5 Å². The summed E-state index contributed by atoms with van der Waals surface area (Å²) >= 11 is 1.81. The zero-order valence-corrected chi connectivity index (χ0v) is 12.7. The van der Waals surface area contributed by atoms with E-state index < -0.39 is 0 Å². The number of hydrogen-bond donors (Lipinski definition) is 1. The number of aryl methyl sites for hydroxylation is 2. The Morgan fingerprint density at radius 2 is 1.95 bits per heavy atom. The largest absolute Gasteiger partial charge is 0.361 e. The van der Waals surface area contributed by atoms with Crippen LogP contribution in [-0.2, 0) is 5.75 Å². The fourth-order valence-corrected chi connectivity index (χ4v) is 2.93. The van der Waals surface area contributed by atoms with Crippen molar-refractivity contribution in [2.75, 3.05) is 7.05 Å². The first-order valence-electron chi connectivity index (χ1n) is 6.43. The Hall–Kier alpha value is -1.26. The van der Waals surface area contributed by atoms with Gasteiger partial charge in [-0.2, -0.15) is 0 Å². The van der Waals surface area contributed by atoms with Gasteiger partial charge < -0.3 is 9.84 Å². The molecule has 0 bridgehead atoms. The summed E-state index contributed by atoms with van der Waals surface area (Å²) in [5.74, 6) is 1.83. The Morgan fingerprint density at radius 1 is 1.26 bits per heavy atom. The van der Waals surface area contributed by atoms with Gasteiger partial charge in [-0.3, -0.25) is 0 Å². The normalized spacial score (nSPS) is 12.6. The van der Waals surface area contributed by atoms with Crippen LogP contribution in [-0.4, -0.2) is 12.2 Å². The lowest BCUT2D eigenvalue weighted by Crippen LogP contribution is -2.11. The topological polar surface area (TPSA) is 38.1 Å². The van der Waals surface area contributed by atoms with E-state index in [4.69, 9.17) is 4.52 Å². The molecular weight excluding hydrogens is 256 g/mol. The van der Waals surface area contributed by atoms with Gasteiger partial charge in [-0.15, -0.1) is 11.8 Å². The minimum Gasteiger partial charge on any atom is -0.361 e. The Morgan fingerprint density at radius 3 is 2.47 bits per heavy atom. The van der Waals surface area contributed by atoms with Gasteiger partial charge in [-0.25, -0.2) is 0 Å². The lowest BCUT2D eigenvalue weighted by molar-refractivity contribution is 0.392. The minimum absolute atomic E-state index is 0.390. The van der Waals surface area contributed by atoms with Crippen molar-refractivity contribution in [2.24, 2.45) is 0 Å². The lowest BCUT2D eigenvalue weighted by Gasteiger charge is -2.10. The van der Waals surface area contributed by atoms with E-state index in [0.29, 0.717) is 6.04 Å². The zero-order chi connectivity index (χ0) is 13.8. The zero-order valence-electron chi connectivity index (χ0n) is 11.9. The Labute approximate surface area is 118 Å². The van der Waals surface area contributed by atoms with Crippen LogP contribution in [0, 0.1) is 13.8 Å². The SMILES string of the molecule is CNC(C)c1ccc(SCc2c(C)noc2C)cc1. The van der Waals surface area contributed by atoms with E-state index in [-0.39, 0.29) is 0 Å². The van der Waals surface area contributed by atoms with Gasteiger partial charge in [0.2, 0.25) is 0 Å². The van der Waals surface area contributed by atoms with E-state index in [1.807, 2.05) is 32.7 Å². The van der Waals surface area contributed by atoms with Gasteiger partial charge >= 0.3 is 0 Å². The summed E-state index contributed by atoms with van der Waals surface area (Å²) in [6.45, 7) is 6.11. The molecule has 4 heteroatoms. The standard InChI is InChI=1S/C15H20N2OS/c1-10(16-4)13-5-7-14(8-6-13)19-9-15-11(2)17-18-12(15)3/h5-8,10,16H,9H2,1-4H3. The first kappa shape index (κ1) is 14.2. The Balaban J connectivity index is 2.01. The predicted octanol–water partition coefficient (Wildman–Crippen LogP) is 3.86. The van der Waals surface area contributed by atoms with Gasteiger partial charge in [-0.1, -0.05) is 17.3 Å². The highest BCUT2D eigenvalue weighted by atomic mass is 32.2. The fourth-order valence-electron chi connectivity index (χ4n) is 1.88. The van der Waals surface area contributed by atoms with Crippen LogP contribution in [0.2, 0.25) is 0 Å². The second-order valence-corrected chi connectivity index (χ2v) is 5.72. The molecule has 0 saturated carbocycles. The molecule has 1 atom stereocenters. The van der Waals surface area contributed by atoms with Gasteiger partial charge in [0.15, 0.2) is 0 Å². The van der Waals surface area contributed by atoms with Crippen LogP contribution >= 0.6 is 11.8 Å². The number of thioether (sulfide) groups is 1. The molecule has 1 unspecified atom stereocenters. The third kappa shape index (κ3) is 3.39. The van der Waals surface area contributed by atoms with Crippen molar-refractivity contribution >= 4 is 11.8 Å². The first-order valence-corrected chi connectivity index (χ1v) is 7.42. The molecule has 19 heavy (non-hydrogen) atoms. The van der Waals surface area contributed by atoms with Crippen molar-refractivity contribution in [3.8, 4) is 0 Å². The average molecular weight is 276 g/mol. The van der Waals surface area contributed by atoms with Crippen LogP contribution in [0.1, 0.15) is 35.5 Å². The molecule has 0 radical (unpaired) electrons. The van der Waals surface area contributed by atoms with Crippen LogP contribution in [0.5, 0.6) is 0 Å². The monoisotopic (exact) mass is 276 g/mol. The quantitative estimate of drug-likeness (QED) is 0.841. The summed E-state index contributed by atoms with van der Waals surface area (Å²) in [4.78, 5) is 1.27. The molecule has 1 heterocycles. The van der Waals surface area contributed by atoms with E-state index in [1.165, 1.54) is 16.0 Å². The van der Waals surface area contributed by atoms with Crippen LogP contribution in [0.15, 0.2) is 33.7 Å². The summed E-state index contributed by atoms with van der Waals surface area (Å²) in [5.41, 5.74) is 3.51. The third-order valence-electron chi connectivity index (χ3n) is 3.38. The molecule has 0 aliphatic heterocycles. The van der Waals surface area contributed by atoms with Crippen molar-refractivity contribution in [3.63, 3.8) is 0 Å². The van der Waals surface area contributed by atoms with Crippen molar-refractivity contribution in [1.29, 1.82) is 0 Å². The molecule has 0 aliphatic rings. The molecule has 2 aromatic rings. The van der Waals surface area contributed by atoms with Crippen LogP contribution in [0.4, 0.5) is 0 Å². The highest BCUT2D eigenvalue weighted by molar-refractivity contribution is 7.98. The molecule has 0 aliphatic carbocycles. The predicted molar refractivity (Wildman–Crippen MR) is 79.5 cm³/mol. The number of hydrogen-bond acceptors (Lipinski definition) is 4. The van der Waals surface area contributed by atoms with Gasteiger partial charge in [0.1, 0.15) is 5.76 Å². The number of benzene rings is 1. The summed E-state index contributed by atoms with van der Waals surface area (Å²) in [6, 6.07) is 9.09. The fraction of sp³-hybridized carbons (Fsp3) is 0.400. The molecule has 1 aromatic heterocycles. The summed E-state index contributed by atoms with van der Waals surface area (Å²) in [5, 5.41) is 7.22. The number of aromatic nitrogens is 1. The smallest absolute Gasteiger partial charge is 0.137 e. The van der Waals surface area contributed by atoms with E-state index in [2.05, 4.69) is 41.7 Å². The molecule has 0 spiro atoms.